The number of carbonyl (C=O) groups is 1. The Morgan fingerprint density at radius 3 is 3.00 bits per heavy atom. The van der Waals surface area contributed by atoms with Gasteiger partial charge in [0.15, 0.2) is 0 Å². The van der Waals surface area contributed by atoms with Crippen molar-refractivity contribution < 1.29 is 19.0 Å². The van der Waals surface area contributed by atoms with Gasteiger partial charge in [0.05, 0.1) is 6.61 Å². The summed E-state index contributed by atoms with van der Waals surface area (Å²) in [6.07, 6.45) is -0.329. The number of hydrogen-bond donors (Lipinski definition) is 1. The lowest BCUT2D eigenvalue weighted by atomic mass is 9.76. The quantitative estimate of drug-likeness (QED) is 0.838. The molecule has 0 aliphatic heterocycles. The zero-order valence-corrected chi connectivity index (χ0v) is 10.4. The Labute approximate surface area is 106 Å². The van der Waals surface area contributed by atoms with Crippen molar-refractivity contribution in [2.45, 2.75) is 38.0 Å². The van der Waals surface area contributed by atoms with Crippen molar-refractivity contribution in [3.05, 3.63) is 35.4 Å². The van der Waals surface area contributed by atoms with Crippen LogP contribution < -0.4 is 0 Å². The predicted octanol–water partition coefficient (Wildman–Crippen LogP) is 2.11. The Balaban J connectivity index is 2.34. The van der Waals surface area contributed by atoms with E-state index in [1.54, 1.807) is 19.1 Å². The maximum atomic E-state index is 14.2. The van der Waals surface area contributed by atoms with E-state index < -0.39 is 17.7 Å². The average molecular weight is 252 g/mol. The molecule has 0 spiro atoms. The number of aryl methyl sites for hydroxylation is 1. The second-order valence-electron chi connectivity index (χ2n) is 4.55. The Kier molecular flexibility index (Phi) is 3.66. The highest BCUT2D eigenvalue weighted by atomic mass is 19.1. The number of benzene rings is 1. The lowest BCUT2D eigenvalue weighted by molar-refractivity contribution is -0.163. The highest BCUT2D eigenvalue weighted by Crippen LogP contribution is 2.39. The van der Waals surface area contributed by atoms with Crippen molar-refractivity contribution in [1.82, 2.24) is 0 Å². The van der Waals surface area contributed by atoms with E-state index in [1.165, 1.54) is 0 Å². The van der Waals surface area contributed by atoms with Gasteiger partial charge in [0.2, 0.25) is 6.17 Å². The fourth-order valence-electron chi connectivity index (χ4n) is 2.52. The summed E-state index contributed by atoms with van der Waals surface area (Å²) in [6.45, 7) is 1.72. The van der Waals surface area contributed by atoms with Crippen LogP contribution in [0.25, 0.3) is 0 Å². The molecule has 1 aromatic rings. The second kappa shape index (κ2) is 5.06. The lowest BCUT2D eigenvalue weighted by Crippen LogP contribution is -2.45. The third-order valence-electron chi connectivity index (χ3n) is 3.40. The van der Waals surface area contributed by atoms with Crippen LogP contribution in [-0.4, -0.2) is 23.9 Å². The van der Waals surface area contributed by atoms with Crippen LogP contribution >= 0.6 is 0 Å². The molecule has 98 valence electrons. The largest absolute Gasteiger partial charge is 0.464 e. The Morgan fingerprint density at radius 1 is 1.56 bits per heavy atom. The van der Waals surface area contributed by atoms with Gasteiger partial charge in [-0.25, -0.2) is 9.18 Å². The van der Waals surface area contributed by atoms with E-state index in [9.17, 15) is 14.3 Å². The van der Waals surface area contributed by atoms with E-state index in [4.69, 9.17) is 0 Å². The van der Waals surface area contributed by atoms with Crippen LogP contribution in [0.3, 0.4) is 0 Å². The zero-order chi connectivity index (χ0) is 13.2. The molecule has 4 heteroatoms. The van der Waals surface area contributed by atoms with E-state index >= 15 is 0 Å². The molecule has 0 bridgehead atoms. The van der Waals surface area contributed by atoms with Crippen LogP contribution in [0.1, 0.15) is 30.9 Å². The first kappa shape index (κ1) is 13.0. The van der Waals surface area contributed by atoms with Crippen molar-refractivity contribution in [3.8, 4) is 0 Å². The molecule has 0 heterocycles. The summed E-state index contributed by atoms with van der Waals surface area (Å²) < 4.78 is 18.9. The first-order chi connectivity index (χ1) is 8.59. The molecule has 1 aliphatic carbocycles. The van der Waals surface area contributed by atoms with Crippen molar-refractivity contribution >= 4 is 5.97 Å². The molecule has 1 aromatic carbocycles. The van der Waals surface area contributed by atoms with Crippen LogP contribution in [0, 0.1) is 0 Å². The number of halogens is 1. The summed E-state index contributed by atoms with van der Waals surface area (Å²) in [6, 6.07) is 7.13. The van der Waals surface area contributed by atoms with Gasteiger partial charge in [-0.2, -0.15) is 0 Å². The highest BCUT2D eigenvalue weighted by Gasteiger charge is 2.46. The maximum absolute atomic E-state index is 14.2. The van der Waals surface area contributed by atoms with Crippen molar-refractivity contribution in [3.63, 3.8) is 0 Å². The Bertz CT molecular complexity index is 446. The van der Waals surface area contributed by atoms with Crippen LogP contribution in [0.15, 0.2) is 24.3 Å². The summed E-state index contributed by atoms with van der Waals surface area (Å²) in [7, 11) is 0. The molecular formula is C14H17FO3. The number of fused-ring (bicyclic) bond motifs is 1. The van der Waals surface area contributed by atoms with Crippen molar-refractivity contribution in [2.24, 2.45) is 0 Å². The molecule has 1 N–H and O–H groups in total. The fraction of sp³-hybridized carbons (Fsp3) is 0.500. The van der Waals surface area contributed by atoms with Gasteiger partial charge in [-0.1, -0.05) is 24.3 Å². The monoisotopic (exact) mass is 252 g/mol. The predicted molar refractivity (Wildman–Crippen MR) is 64.8 cm³/mol. The molecule has 2 rings (SSSR count). The van der Waals surface area contributed by atoms with E-state index in [0.717, 1.165) is 12.0 Å². The lowest BCUT2D eigenvalue weighted by Gasteiger charge is -2.35. The molecule has 0 saturated heterocycles. The molecular weight excluding hydrogens is 235 g/mol. The highest BCUT2D eigenvalue weighted by molar-refractivity contribution is 5.76. The summed E-state index contributed by atoms with van der Waals surface area (Å²) in [4.78, 5) is 11.5. The summed E-state index contributed by atoms with van der Waals surface area (Å²) >= 11 is 0. The molecule has 0 radical (unpaired) electrons. The zero-order valence-electron chi connectivity index (χ0n) is 10.4. The van der Waals surface area contributed by atoms with Crippen LogP contribution in [0.5, 0.6) is 0 Å². The number of aliphatic hydroxyl groups is 1. The molecule has 2 atom stereocenters. The first-order valence-corrected chi connectivity index (χ1v) is 6.21. The summed E-state index contributed by atoms with van der Waals surface area (Å²) in [5.74, 6) is -0.989. The molecule has 1 aliphatic rings. The van der Waals surface area contributed by atoms with Crippen LogP contribution in [0.2, 0.25) is 0 Å². The van der Waals surface area contributed by atoms with E-state index in [0.29, 0.717) is 12.0 Å². The van der Waals surface area contributed by atoms with Crippen LogP contribution in [0.4, 0.5) is 4.39 Å². The molecule has 0 fully saturated rings. The SMILES string of the molecule is CCOC(=O)C(F)C1(O)CCCc2ccccc21. The third kappa shape index (κ3) is 2.12. The smallest absolute Gasteiger partial charge is 0.344 e. The molecule has 0 amide bonds. The third-order valence-corrected chi connectivity index (χ3v) is 3.40. The summed E-state index contributed by atoms with van der Waals surface area (Å²) in [5.41, 5.74) is -0.337. The second-order valence-corrected chi connectivity index (χ2v) is 4.55. The normalized spacial score (nSPS) is 24.2. The molecule has 3 nitrogen and oxygen atoms in total. The topological polar surface area (TPSA) is 46.5 Å². The number of carbonyl (C=O) groups excluding carboxylic acids is 1. The van der Waals surface area contributed by atoms with E-state index in [1.807, 2.05) is 12.1 Å². The minimum absolute atomic E-state index is 0.108. The van der Waals surface area contributed by atoms with E-state index in [-0.39, 0.29) is 13.0 Å². The molecule has 0 saturated carbocycles. The first-order valence-electron chi connectivity index (χ1n) is 6.21. The fourth-order valence-corrected chi connectivity index (χ4v) is 2.52. The summed E-state index contributed by atoms with van der Waals surface area (Å²) in [5, 5.41) is 10.5. The van der Waals surface area contributed by atoms with Gasteiger partial charge in [-0.15, -0.1) is 0 Å². The van der Waals surface area contributed by atoms with Gasteiger partial charge in [-0.05, 0) is 37.3 Å². The standard InChI is InChI=1S/C14H17FO3/c1-2-18-13(16)12(15)14(17)9-5-7-10-6-3-4-8-11(10)14/h3-4,6,8,12,17H,2,5,7,9H2,1H3. The van der Waals surface area contributed by atoms with Gasteiger partial charge in [0.25, 0.3) is 0 Å². The van der Waals surface area contributed by atoms with Crippen molar-refractivity contribution in [1.29, 1.82) is 0 Å². The number of hydrogen-bond acceptors (Lipinski definition) is 3. The molecule has 0 aromatic heterocycles. The Morgan fingerprint density at radius 2 is 2.28 bits per heavy atom. The van der Waals surface area contributed by atoms with Crippen LogP contribution in [-0.2, 0) is 21.6 Å². The number of rotatable bonds is 3. The number of ether oxygens (including phenoxy) is 1. The number of esters is 1. The van der Waals surface area contributed by atoms with Gasteiger partial charge in [0.1, 0.15) is 5.60 Å². The number of alkyl halides is 1. The molecule has 18 heavy (non-hydrogen) atoms. The van der Waals surface area contributed by atoms with Crippen molar-refractivity contribution in [2.75, 3.05) is 6.61 Å². The van der Waals surface area contributed by atoms with Gasteiger partial charge in [-0.3, -0.25) is 0 Å². The maximum Gasteiger partial charge on any atom is 0.344 e. The minimum Gasteiger partial charge on any atom is -0.464 e. The molecule has 2 unspecified atom stereocenters. The van der Waals surface area contributed by atoms with Gasteiger partial charge < -0.3 is 9.84 Å². The van der Waals surface area contributed by atoms with Gasteiger partial charge in [0, 0.05) is 0 Å². The van der Waals surface area contributed by atoms with Gasteiger partial charge >= 0.3 is 5.97 Å². The minimum atomic E-state index is -2.03. The van der Waals surface area contributed by atoms with E-state index in [2.05, 4.69) is 4.74 Å². The average Bonchev–Trinajstić information content (AvgIpc) is 2.39. The Hall–Kier alpha value is -1.42.